The van der Waals surface area contributed by atoms with E-state index in [-0.39, 0.29) is 29.9 Å². The fourth-order valence-electron chi connectivity index (χ4n) is 2.57. The number of aromatic nitrogens is 1. The maximum absolute atomic E-state index is 11.7. The predicted octanol–water partition coefficient (Wildman–Crippen LogP) is 3.02. The van der Waals surface area contributed by atoms with Crippen LogP contribution in [0.2, 0.25) is 0 Å². The monoisotopic (exact) mass is 515 g/mol. The summed E-state index contributed by atoms with van der Waals surface area (Å²) in [5.74, 6) is 0.750. The Morgan fingerprint density at radius 3 is 2.71 bits per heavy atom. The number of carbonyl (C=O) groups is 1. The zero-order valence-corrected chi connectivity index (χ0v) is 19.9. The van der Waals surface area contributed by atoms with Gasteiger partial charge >= 0.3 is 0 Å². The number of guanidine groups is 1. The lowest BCUT2D eigenvalue weighted by Gasteiger charge is -2.11. The van der Waals surface area contributed by atoms with Gasteiger partial charge in [0.15, 0.2) is 5.96 Å². The molecule has 3 N–H and O–H groups in total. The molecule has 1 aromatic carbocycles. The summed E-state index contributed by atoms with van der Waals surface area (Å²) in [6.07, 6.45) is 4.67. The lowest BCUT2D eigenvalue weighted by Crippen LogP contribution is -2.38. The third-order valence-corrected chi connectivity index (χ3v) is 5.21. The first kappa shape index (κ1) is 24.4. The Bertz CT molecular complexity index is 763. The summed E-state index contributed by atoms with van der Waals surface area (Å²) in [6.45, 7) is 6.47. The van der Waals surface area contributed by atoms with E-state index in [0.29, 0.717) is 12.1 Å². The Morgan fingerprint density at radius 2 is 2.04 bits per heavy atom. The van der Waals surface area contributed by atoms with E-state index in [0.717, 1.165) is 48.9 Å². The second kappa shape index (κ2) is 13.5. The molecule has 0 fully saturated rings. The first-order chi connectivity index (χ1) is 13.2. The number of benzene rings is 1. The largest absolute Gasteiger partial charge is 0.357 e. The van der Waals surface area contributed by atoms with Crippen LogP contribution in [-0.2, 0) is 19.3 Å². The molecule has 1 aromatic heterocycles. The molecule has 154 valence electrons. The molecule has 0 aliphatic carbocycles. The van der Waals surface area contributed by atoms with E-state index in [1.165, 1.54) is 4.88 Å². The number of amides is 1. The number of nitrogens with one attached hydrogen (secondary N) is 3. The molecule has 0 spiro atoms. The number of halogens is 1. The van der Waals surface area contributed by atoms with Crippen LogP contribution in [0.1, 0.15) is 39.7 Å². The van der Waals surface area contributed by atoms with E-state index in [2.05, 4.69) is 39.8 Å². The SMILES string of the molecule is CCNC(=NCCc1ncc(CC)s1)NCCc1cccc(C(=O)NC)c1.I. The van der Waals surface area contributed by atoms with Crippen LogP contribution in [0.3, 0.4) is 0 Å². The van der Waals surface area contributed by atoms with Gasteiger partial charge in [0, 0.05) is 49.7 Å². The minimum Gasteiger partial charge on any atom is -0.357 e. The maximum atomic E-state index is 11.7. The van der Waals surface area contributed by atoms with Gasteiger partial charge in [-0.05, 0) is 37.5 Å². The van der Waals surface area contributed by atoms with Crippen LogP contribution in [0.25, 0.3) is 0 Å². The van der Waals surface area contributed by atoms with E-state index in [9.17, 15) is 4.79 Å². The number of hydrogen-bond donors (Lipinski definition) is 3. The number of aryl methyl sites for hydroxylation is 1. The van der Waals surface area contributed by atoms with Crippen LogP contribution >= 0.6 is 35.3 Å². The molecule has 1 heterocycles. The van der Waals surface area contributed by atoms with E-state index in [4.69, 9.17) is 0 Å². The van der Waals surface area contributed by atoms with Crippen molar-refractivity contribution in [2.75, 3.05) is 26.7 Å². The van der Waals surface area contributed by atoms with Crippen molar-refractivity contribution >= 4 is 47.2 Å². The molecule has 2 aromatic rings. The molecule has 0 saturated heterocycles. The summed E-state index contributed by atoms with van der Waals surface area (Å²) in [7, 11) is 1.64. The lowest BCUT2D eigenvalue weighted by atomic mass is 10.1. The molecular weight excluding hydrogens is 485 g/mol. The van der Waals surface area contributed by atoms with Gasteiger partial charge in [-0.25, -0.2) is 4.98 Å². The number of hydrogen-bond acceptors (Lipinski definition) is 4. The van der Waals surface area contributed by atoms with Gasteiger partial charge in [0.2, 0.25) is 0 Å². The van der Waals surface area contributed by atoms with Crippen LogP contribution in [0, 0.1) is 0 Å². The summed E-state index contributed by atoms with van der Waals surface area (Å²) < 4.78 is 0. The Morgan fingerprint density at radius 1 is 1.21 bits per heavy atom. The van der Waals surface area contributed by atoms with Crippen LogP contribution in [0.5, 0.6) is 0 Å². The van der Waals surface area contributed by atoms with Gasteiger partial charge in [-0.1, -0.05) is 19.1 Å². The Kier molecular flexibility index (Phi) is 11.7. The topological polar surface area (TPSA) is 78.4 Å². The molecule has 0 bridgehead atoms. The van der Waals surface area contributed by atoms with Crippen LogP contribution < -0.4 is 16.0 Å². The van der Waals surface area contributed by atoms with Crippen molar-refractivity contribution in [2.45, 2.75) is 33.1 Å². The third-order valence-electron chi connectivity index (χ3n) is 4.01. The molecule has 0 atom stereocenters. The molecule has 8 heteroatoms. The van der Waals surface area contributed by atoms with Gasteiger partial charge < -0.3 is 16.0 Å². The number of nitrogens with zero attached hydrogens (tertiary/aromatic N) is 2. The van der Waals surface area contributed by atoms with Gasteiger partial charge in [0.25, 0.3) is 5.91 Å². The number of carbonyl (C=O) groups excluding carboxylic acids is 1. The molecule has 28 heavy (non-hydrogen) atoms. The molecule has 0 aliphatic heterocycles. The van der Waals surface area contributed by atoms with E-state index >= 15 is 0 Å². The summed E-state index contributed by atoms with van der Waals surface area (Å²) in [5.41, 5.74) is 1.81. The zero-order valence-electron chi connectivity index (χ0n) is 16.7. The van der Waals surface area contributed by atoms with Crippen molar-refractivity contribution in [3.8, 4) is 0 Å². The van der Waals surface area contributed by atoms with Gasteiger partial charge in [0.05, 0.1) is 5.01 Å². The van der Waals surface area contributed by atoms with Crippen LogP contribution in [0.4, 0.5) is 0 Å². The van der Waals surface area contributed by atoms with Crippen molar-refractivity contribution in [3.63, 3.8) is 0 Å². The fraction of sp³-hybridized carbons (Fsp3) is 0.450. The van der Waals surface area contributed by atoms with E-state index in [1.54, 1.807) is 18.4 Å². The Labute approximate surface area is 188 Å². The van der Waals surface area contributed by atoms with Gasteiger partial charge in [-0.3, -0.25) is 9.79 Å². The van der Waals surface area contributed by atoms with Gasteiger partial charge in [-0.15, -0.1) is 35.3 Å². The standard InChI is InChI=1S/C20H29N5OS.HI/c1-4-17-14-25-18(27-17)10-12-24-20(22-5-2)23-11-9-15-7-6-8-16(13-15)19(26)21-3;/h6-8,13-14H,4-5,9-12H2,1-3H3,(H,21,26)(H2,22,23,24);1H. The number of aliphatic imine (C=N–C) groups is 1. The highest BCUT2D eigenvalue weighted by atomic mass is 127. The molecule has 6 nitrogen and oxygen atoms in total. The average molecular weight is 515 g/mol. The molecule has 0 aliphatic rings. The van der Waals surface area contributed by atoms with Crippen molar-refractivity contribution in [1.82, 2.24) is 20.9 Å². The zero-order chi connectivity index (χ0) is 19.5. The Hall–Kier alpha value is -1.68. The highest BCUT2D eigenvalue weighted by molar-refractivity contribution is 14.0. The van der Waals surface area contributed by atoms with Crippen LogP contribution in [0.15, 0.2) is 35.5 Å². The number of rotatable bonds is 9. The van der Waals surface area contributed by atoms with Crippen molar-refractivity contribution in [2.24, 2.45) is 4.99 Å². The fourth-order valence-corrected chi connectivity index (χ4v) is 3.42. The minimum atomic E-state index is -0.0619. The quantitative estimate of drug-likeness (QED) is 0.273. The summed E-state index contributed by atoms with van der Waals surface area (Å²) in [5, 5.41) is 10.4. The first-order valence-electron chi connectivity index (χ1n) is 9.43. The molecule has 1 amide bonds. The predicted molar refractivity (Wildman–Crippen MR) is 128 cm³/mol. The van der Waals surface area contributed by atoms with E-state index < -0.39 is 0 Å². The minimum absolute atomic E-state index is 0. The molecular formula is C20H30IN5OS. The highest BCUT2D eigenvalue weighted by Crippen LogP contribution is 2.13. The molecule has 0 radical (unpaired) electrons. The van der Waals surface area contributed by atoms with Crippen molar-refractivity contribution in [3.05, 3.63) is 51.5 Å². The first-order valence-corrected chi connectivity index (χ1v) is 10.2. The molecule has 0 saturated carbocycles. The maximum Gasteiger partial charge on any atom is 0.251 e. The van der Waals surface area contributed by atoms with E-state index in [1.807, 2.05) is 30.5 Å². The summed E-state index contributed by atoms with van der Waals surface area (Å²) in [6, 6.07) is 7.70. The average Bonchev–Trinajstić information content (AvgIpc) is 3.15. The van der Waals surface area contributed by atoms with Crippen molar-refractivity contribution < 1.29 is 4.79 Å². The third kappa shape index (κ3) is 8.14. The smallest absolute Gasteiger partial charge is 0.251 e. The Balaban J connectivity index is 0.00000392. The summed E-state index contributed by atoms with van der Waals surface area (Å²) >= 11 is 1.76. The number of thiazole rings is 1. The van der Waals surface area contributed by atoms with Crippen LogP contribution in [-0.4, -0.2) is 43.5 Å². The second-order valence-electron chi connectivity index (χ2n) is 6.04. The lowest BCUT2D eigenvalue weighted by molar-refractivity contribution is 0.0963. The van der Waals surface area contributed by atoms with Gasteiger partial charge in [0.1, 0.15) is 0 Å². The molecule has 0 unspecified atom stereocenters. The molecule has 2 rings (SSSR count). The second-order valence-corrected chi connectivity index (χ2v) is 7.24. The highest BCUT2D eigenvalue weighted by Gasteiger charge is 2.04. The van der Waals surface area contributed by atoms with Gasteiger partial charge in [-0.2, -0.15) is 0 Å². The summed E-state index contributed by atoms with van der Waals surface area (Å²) in [4.78, 5) is 22.1. The normalized spacial score (nSPS) is 10.9. The van der Waals surface area contributed by atoms with Crippen molar-refractivity contribution in [1.29, 1.82) is 0 Å².